The Morgan fingerprint density at radius 1 is 1.50 bits per heavy atom. The van der Waals surface area contributed by atoms with Crippen molar-refractivity contribution < 1.29 is 0 Å². The van der Waals surface area contributed by atoms with Gasteiger partial charge >= 0.3 is 0 Å². The van der Waals surface area contributed by atoms with E-state index in [1.165, 1.54) is 5.56 Å². The summed E-state index contributed by atoms with van der Waals surface area (Å²) < 4.78 is 0. The number of nitrogens with one attached hydrogen (secondary N) is 1. The van der Waals surface area contributed by atoms with E-state index in [2.05, 4.69) is 24.4 Å². The van der Waals surface area contributed by atoms with Crippen LogP contribution in [-0.4, -0.2) is 6.04 Å². The average Bonchev–Trinajstić information content (AvgIpc) is 2.17. The Labute approximate surface area is 85.6 Å². The zero-order chi connectivity index (χ0) is 10.4. The number of benzene rings is 1. The van der Waals surface area contributed by atoms with Gasteiger partial charge in [-0.1, -0.05) is 25.5 Å². The van der Waals surface area contributed by atoms with E-state index >= 15 is 0 Å². The van der Waals surface area contributed by atoms with Crippen molar-refractivity contribution in [1.82, 2.24) is 0 Å². The lowest BCUT2D eigenvalue weighted by molar-refractivity contribution is 0.748. The average molecular weight is 188 g/mol. The van der Waals surface area contributed by atoms with Crippen LogP contribution in [0.4, 0.5) is 5.69 Å². The zero-order valence-corrected chi connectivity index (χ0v) is 8.75. The molecule has 1 rings (SSSR count). The third-order valence-corrected chi connectivity index (χ3v) is 2.09. The maximum atomic E-state index is 8.88. The summed E-state index contributed by atoms with van der Waals surface area (Å²) in [6, 6.07) is 10.3. The Bertz CT molecular complexity index is 325. The summed E-state index contributed by atoms with van der Waals surface area (Å²) in [5, 5.41) is 12.1. The molecule has 0 fully saturated rings. The second kappa shape index (κ2) is 5.29. The fourth-order valence-electron chi connectivity index (χ4n) is 1.39. The molecule has 1 unspecified atom stereocenters. The highest BCUT2D eigenvalue weighted by Gasteiger charge is 2.04. The van der Waals surface area contributed by atoms with Gasteiger partial charge in [-0.15, -0.1) is 0 Å². The van der Waals surface area contributed by atoms with Gasteiger partial charge in [0.05, 0.1) is 6.07 Å². The lowest BCUT2D eigenvalue weighted by Crippen LogP contribution is -2.16. The molecule has 0 saturated carbocycles. The van der Waals surface area contributed by atoms with E-state index in [9.17, 15) is 0 Å². The smallest absolute Gasteiger partial charge is 0.114 e. The van der Waals surface area contributed by atoms with Crippen LogP contribution in [0.5, 0.6) is 0 Å². The van der Waals surface area contributed by atoms with Crippen molar-refractivity contribution in [2.75, 3.05) is 5.32 Å². The monoisotopic (exact) mass is 188 g/mol. The van der Waals surface area contributed by atoms with Crippen LogP contribution in [-0.2, 0) is 0 Å². The Hall–Kier alpha value is -1.49. The molecule has 74 valence electrons. The Morgan fingerprint density at radius 3 is 2.86 bits per heavy atom. The molecule has 0 saturated heterocycles. The van der Waals surface area contributed by atoms with Gasteiger partial charge in [-0.3, -0.25) is 0 Å². The number of anilines is 1. The molecule has 0 bridgehead atoms. The van der Waals surface area contributed by atoms with Crippen LogP contribution in [0.15, 0.2) is 24.3 Å². The molecule has 0 heterocycles. The predicted molar refractivity (Wildman–Crippen MR) is 59.1 cm³/mol. The van der Waals surface area contributed by atoms with E-state index < -0.39 is 0 Å². The lowest BCUT2D eigenvalue weighted by atomic mass is 10.1. The van der Waals surface area contributed by atoms with E-state index in [4.69, 9.17) is 5.26 Å². The van der Waals surface area contributed by atoms with Gasteiger partial charge in [-0.25, -0.2) is 0 Å². The summed E-state index contributed by atoms with van der Waals surface area (Å²) in [7, 11) is 0. The molecular formula is C12H16N2. The van der Waals surface area contributed by atoms with Gasteiger partial charge in [0.15, 0.2) is 0 Å². The number of hydrogen-bond acceptors (Lipinski definition) is 2. The van der Waals surface area contributed by atoms with Crippen molar-refractivity contribution >= 4 is 5.69 Å². The largest absolute Gasteiger partial charge is 0.370 e. The standard InChI is InChI=1S/C12H16N2/c1-3-5-12(9-13)14-11-7-4-6-10(2)8-11/h4,6-8,12,14H,3,5H2,1-2H3. The third kappa shape index (κ3) is 3.10. The fourth-order valence-corrected chi connectivity index (χ4v) is 1.39. The molecular weight excluding hydrogens is 172 g/mol. The molecule has 0 spiro atoms. The first-order valence-electron chi connectivity index (χ1n) is 4.99. The van der Waals surface area contributed by atoms with Crippen LogP contribution in [0.1, 0.15) is 25.3 Å². The normalized spacial score (nSPS) is 11.8. The van der Waals surface area contributed by atoms with E-state index in [0.29, 0.717) is 0 Å². The summed E-state index contributed by atoms with van der Waals surface area (Å²) in [4.78, 5) is 0. The minimum Gasteiger partial charge on any atom is -0.370 e. The number of nitriles is 1. The highest BCUT2D eigenvalue weighted by molar-refractivity contribution is 5.47. The second-order valence-electron chi connectivity index (χ2n) is 3.48. The Balaban J connectivity index is 2.63. The van der Waals surface area contributed by atoms with Crippen molar-refractivity contribution in [3.05, 3.63) is 29.8 Å². The minimum atomic E-state index is -0.0678. The molecule has 1 N–H and O–H groups in total. The lowest BCUT2D eigenvalue weighted by Gasteiger charge is -2.11. The first-order valence-corrected chi connectivity index (χ1v) is 4.99. The molecule has 1 aromatic rings. The van der Waals surface area contributed by atoms with Gasteiger partial charge in [0.1, 0.15) is 6.04 Å². The van der Waals surface area contributed by atoms with E-state index in [1.807, 2.05) is 25.1 Å². The molecule has 0 aliphatic rings. The van der Waals surface area contributed by atoms with Crippen LogP contribution < -0.4 is 5.32 Å². The van der Waals surface area contributed by atoms with E-state index in [-0.39, 0.29) is 6.04 Å². The first kappa shape index (κ1) is 10.6. The van der Waals surface area contributed by atoms with Crippen LogP contribution in [0.25, 0.3) is 0 Å². The predicted octanol–water partition coefficient (Wildman–Crippen LogP) is 3.10. The minimum absolute atomic E-state index is 0.0678. The summed E-state index contributed by atoms with van der Waals surface area (Å²) >= 11 is 0. The highest BCUT2D eigenvalue weighted by atomic mass is 14.9. The number of hydrogen-bond donors (Lipinski definition) is 1. The number of aryl methyl sites for hydroxylation is 1. The molecule has 0 radical (unpaired) electrons. The summed E-state index contributed by atoms with van der Waals surface area (Å²) in [6.45, 7) is 4.13. The summed E-state index contributed by atoms with van der Waals surface area (Å²) in [5.41, 5.74) is 2.24. The van der Waals surface area contributed by atoms with Crippen LogP contribution >= 0.6 is 0 Å². The van der Waals surface area contributed by atoms with Gasteiger partial charge in [0.2, 0.25) is 0 Å². The quantitative estimate of drug-likeness (QED) is 0.788. The molecule has 0 aliphatic heterocycles. The SMILES string of the molecule is CCCC(C#N)Nc1cccc(C)c1. The van der Waals surface area contributed by atoms with Crippen molar-refractivity contribution in [1.29, 1.82) is 5.26 Å². The highest BCUT2D eigenvalue weighted by Crippen LogP contribution is 2.12. The molecule has 2 nitrogen and oxygen atoms in total. The number of nitrogens with zero attached hydrogens (tertiary/aromatic N) is 1. The van der Waals surface area contributed by atoms with E-state index in [1.54, 1.807) is 0 Å². The van der Waals surface area contributed by atoms with Gasteiger partial charge in [0.25, 0.3) is 0 Å². The van der Waals surface area contributed by atoms with Crippen molar-refractivity contribution in [2.24, 2.45) is 0 Å². The molecule has 0 aromatic heterocycles. The third-order valence-electron chi connectivity index (χ3n) is 2.09. The topological polar surface area (TPSA) is 35.8 Å². The van der Waals surface area contributed by atoms with Crippen molar-refractivity contribution in [2.45, 2.75) is 32.7 Å². The van der Waals surface area contributed by atoms with Gasteiger partial charge in [-0.05, 0) is 31.0 Å². The maximum absolute atomic E-state index is 8.88. The molecule has 2 heteroatoms. The number of rotatable bonds is 4. The van der Waals surface area contributed by atoms with Crippen molar-refractivity contribution in [3.63, 3.8) is 0 Å². The van der Waals surface area contributed by atoms with E-state index in [0.717, 1.165) is 18.5 Å². The van der Waals surface area contributed by atoms with Gasteiger partial charge < -0.3 is 5.32 Å². The molecule has 1 atom stereocenters. The van der Waals surface area contributed by atoms with Gasteiger partial charge in [-0.2, -0.15) is 5.26 Å². The van der Waals surface area contributed by atoms with Crippen molar-refractivity contribution in [3.8, 4) is 6.07 Å². The molecule has 0 aliphatic carbocycles. The molecule has 0 amide bonds. The molecule has 1 aromatic carbocycles. The molecule has 14 heavy (non-hydrogen) atoms. The zero-order valence-electron chi connectivity index (χ0n) is 8.75. The first-order chi connectivity index (χ1) is 6.76. The maximum Gasteiger partial charge on any atom is 0.114 e. The summed E-state index contributed by atoms with van der Waals surface area (Å²) in [6.07, 6.45) is 1.92. The second-order valence-corrected chi connectivity index (χ2v) is 3.48. The Kier molecular flexibility index (Phi) is 4.00. The van der Waals surface area contributed by atoms with Gasteiger partial charge in [0, 0.05) is 5.69 Å². The Morgan fingerprint density at radius 2 is 2.29 bits per heavy atom. The fraction of sp³-hybridized carbons (Fsp3) is 0.417. The van der Waals surface area contributed by atoms with Crippen LogP contribution in [0.2, 0.25) is 0 Å². The van der Waals surface area contributed by atoms with Crippen LogP contribution in [0, 0.1) is 18.3 Å². The summed E-state index contributed by atoms with van der Waals surface area (Å²) in [5.74, 6) is 0. The van der Waals surface area contributed by atoms with Crippen LogP contribution in [0.3, 0.4) is 0 Å².